The number of benzene rings is 1. The lowest BCUT2D eigenvalue weighted by atomic mass is 9.90. The van der Waals surface area contributed by atoms with E-state index in [-0.39, 0.29) is 34.9 Å². The van der Waals surface area contributed by atoms with E-state index in [0.717, 1.165) is 0 Å². The Hall–Kier alpha value is -3.94. The van der Waals surface area contributed by atoms with E-state index >= 15 is 0 Å². The third-order valence-corrected chi connectivity index (χ3v) is 6.65. The second kappa shape index (κ2) is 13.3. The van der Waals surface area contributed by atoms with Gasteiger partial charge in [-0.1, -0.05) is 12.1 Å². The van der Waals surface area contributed by atoms with E-state index in [2.05, 4.69) is 0 Å². The lowest BCUT2D eigenvalue weighted by Gasteiger charge is -2.41. The molecule has 0 bridgehead atoms. The molecule has 0 heterocycles. The summed E-state index contributed by atoms with van der Waals surface area (Å²) in [6.45, 7) is 0. The highest BCUT2D eigenvalue weighted by Crippen LogP contribution is 2.64. The van der Waals surface area contributed by atoms with Crippen LogP contribution in [0.4, 0.5) is 143 Å². The largest absolute Gasteiger partial charge is 0.460 e. The van der Waals surface area contributed by atoms with Crippen LogP contribution >= 0.6 is 0 Å². The SMILES string of the molecule is O=C(Nc1ccccc1NC(=O)C(F)(F)C(F)(F)C(F)(F)C(F)(F)C(F)(F)C(F)(F)C(F)(F)F)C(F)(F)C(F)(F)C(F)(F)C(F)(F)C(F)(F)C(F)(F)C(F)(F)F. The Morgan fingerprint density at radius 2 is 0.482 bits per heavy atom. The molecule has 0 saturated carbocycles. The van der Waals surface area contributed by atoms with Crippen molar-refractivity contribution in [2.24, 2.45) is 0 Å². The Kier molecular flexibility index (Phi) is 11.9. The van der Waals surface area contributed by atoms with Crippen LogP contribution in [0.5, 0.6) is 0 Å². The van der Waals surface area contributed by atoms with E-state index < -0.39 is 107 Å². The first kappa shape index (κ1) is 50.1. The average Bonchev–Trinajstić information content (AvgIpc) is 2.99. The van der Waals surface area contributed by atoms with E-state index in [0.29, 0.717) is 0 Å². The van der Waals surface area contributed by atoms with Crippen LogP contribution in [0.1, 0.15) is 0 Å². The van der Waals surface area contributed by atoms with Crippen LogP contribution in [0.25, 0.3) is 0 Å². The fourth-order valence-corrected chi connectivity index (χ4v) is 3.32. The van der Waals surface area contributed by atoms with Crippen molar-refractivity contribution in [1.29, 1.82) is 0 Å². The number of para-hydroxylation sites is 2. The van der Waals surface area contributed by atoms with Crippen LogP contribution in [-0.4, -0.2) is 95.2 Å². The number of hydrogen-bond acceptors (Lipinski definition) is 2. The molecule has 0 aliphatic carbocycles. The maximum absolute atomic E-state index is 14.2. The third kappa shape index (κ3) is 6.61. The molecule has 2 N–H and O–H groups in total. The van der Waals surface area contributed by atoms with Gasteiger partial charge in [-0.05, 0) is 12.1 Å². The molecular weight excluding hydrogens is 894 g/mol. The molecule has 0 atom stereocenters. The lowest BCUT2D eigenvalue weighted by molar-refractivity contribution is -0.449. The van der Waals surface area contributed by atoms with Crippen molar-refractivity contribution in [1.82, 2.24) is 0 Å². The normalized spacial score (nSPS) is 15.8. The van der Waals surface area contributed by atoms with Crippen LogP contribution in [0.15, 0.2) is 24.3 Å². The molecule has 0 aliphatic rings. The van der Waals surface area contributed by atoms with E-state index in [9.17, 15) is 141 Å². The number of halogens is 30. The molecule has 0 aliphatic heterocycles. The van der Waals surface area contributed by atoms with Gasteiger partial charge in [0.1, 0.15) is 0 Å². The van der Waals surface area contributed by atoms with Gasteiger partial charge < -0.3 is 10.6 Å². The average molecular weight is 900 g/mol. The Morgan fingerprint density at radius 1 is 0.304 bits per heavy atom. The minimum Gasteiger partial charge on any atom is -0.319 e. The summed E-state index contributed by atoms with van der Waals surface area (Å²) in [5.41, 5.74) is -4.62. The van der Waals surface area contributed by atoms with Crippen molar-refractivity contribution in [2.45, 2.75) is 83.4 Å². The smallest absolute Gasteiger partial charge is 0.319 e. The maximum atomic E-state index is 14.2. The summed E-state index contributed by atoms with van der Waals surface area (Å²) < 4.78 is 401. The minimum absolute atomic E-state index is 0.00724. The van der Waals surface area contributed by atoms with Crippen molar-refractivity contribution in [3.63, 3.8) is 0 Å². The number of alkyl halides is 30. The van der Waals surface area contributed by atoms with Crippen LogP contribution < -0.4 is 10.6 Å². The molecule has 0 radical (unpaired) electrons. The molecule has 326 valence electrons. The van der Waals surface area contributed by atoms with Crippen molar-refractivity contribution in [3.8, 4) is 0 Å². The van der Waals surface area contributed by atoms with Gasteiger partial charge in [0, 0.05) is 0 Å². The highest BCUT2D eigenvalue weighted by molar-refractivity contribution is 6.04. The molecule has 0 aromatic heterocycles. The van der Waals surface area contributed by atoms with Crippen LogP contribution in [0.2, 0.25) is 0 Å². The molecular formula is C22H6F30N2O2. The summed E-state index contributed by atoms with van der Waals surface area (Å²) in [6, 6.07) is -0.417. The molecule has 0 unspecified atom stereocenters. The Bertz CT molecular complexity index is 1520. The quantitative estimate of drug-likeness (QED) is 0.183. The van der Waals surface area contributed by atoms with E-state index in [1.54, 1.807) is 0 Å². The minimum atomic E-state index is -8.96. The summed E-state index contributed by atoms with van der Waals surface area (Å²) in [6.07, 6.45) is -16.1. The fraction of sp³-hybridized carbons (Fsp3) is 0.636. The zero-order valence-electron chi connectivity index (χ0n) is 24.5. The molecule has 1 aromatic rings. The number of anilines is 2. The van der Waals surface area contributed by atoms with Gasteiger partial charge in [-0.25, -0.2) is 0 Å². The first-order valence-corrected chi connectivity index (χ1v) is 12.4. The van der Waals surface area contributed by atoms with E-state index in [1.165, 1.54) is 0 Å². The first-order chi connectivity index (χ1) is 24.0. The van der Waals surface area contributed by atoms with Crippen molar-refractivity contribution < 1.29 is 141 Å². The fourth-order valence-electron chi connectivity index (χ4n) is 3.32. The van der Waals surface area contributed by atoms with Crippen LogP contribution in [-0.2, 0) is 9.59 Å². The lowest BCUT2D eigenvalue weighted by Crippen LogP contribution is -2.73. The third-order valence-electron chi connectivity index (χ3n) is 6.65. The Balaban J connectivity index is 3.67. The molecule has 0 spiro atoms. The maximum Gasteiger partial charge on any atom is 0.460 e. The molecule has 0 saturated heterocycles. The van der Waals surface area contributed by atoms with Gasteiger partial charge >= 0.3 is 95.2 Å². The van der Waals surface area contributed by atoms with Gasteiger partial charge in [0.2, 0.25) is 0 Å². The highest BCUT2D eigenvalue weighted by atomic mass is 19.4. The standard InChI is InChI=1S/C22H6F30N2O2/c23-9(24,11(27,28)13(31,32)15(35,36)17(39,40)19(43,44)21(47,48)49)7(55)53-5-3-1-2-4-6(5)54-8(56)10(25,26)12(29,30)14(33,34)16(37,38)18(41,42)20(45,46)22(50,51)52/h1-4H,(H,53,55)(H,54,56). The van der Waals surface area contributed by atoms with Crippen molar-refractivity contribution in [2.75, 3.05) is 10.6 Å². The van der Waals surface area contributed by atoms with Gasteiger partial charge in [0.25, 0.3) is 0 Å². The second-order valence-electron chi connectivity index (χ2n) is 10.3. The first-order valence-electron chi connectivity index (χ1n) is 12.4. The monoisotopic (exact) mass is 900 g/mol. The number of rotatable bonds is 14. The molecule has 0 fully saturated rings. The van der Waals surface area contributed by atoms with Gasteiger partial charge in [-0.2, -0.15) is 132 Å². The molecule has 1 rings (SSSR count). The van der Waals surface area contributed by atoms with E-state index in [4.69, 9.17) is 0 Å². The van der Waals surface area contributed by atoms with Crippen molar-refractivity contribution in [3.05, 3.63) is 24.3 Å². The number of carbonyl (C=O) groups excluding carboxylic acids is 2. The number of hydrogen-bond donors (Lipinski definition) is 2. The number of nitrogens with one attached hydrogen (secondary N) is 2. The predicted octanol–water partition coefficient (Wildman–Crippen LogP) is 10.3. The summed E-state index contributed by atoms with van der Waals surface area (Å²) >= 11 is 0. The second-order valence-corrected chi connectivity index (χ2v) is 10.3. The van der Waals surface area contributed by atoms with Crippen LogP contribution in [0, 0.1) is 0 Å². The van der Waals surface area contributed by atoms with Gasteiger partial charge in [-0.3, -0.25) is 9.59 Å². The molecule has 34 heteroatoms. The Morgan fingerprint density at radius 3 is 0.679 bits per heavy atom. The summed E-state index contributed by atoms with van der Waals surface area (Å²) in [5, 5.41) is 0.0145. The van der Waals surface area contributed by atoms with Crippen LogP contribution in [0.3, 0.4) is 0 Å². The van der Waals surface area contributed by atoms with Gasteiger partial charge in [-0.15, -0.1) is 0 Å². The zero-order valence-corrected chi connectivity index (χ0v) is 24.5. The summed E-state index contributed by atoms with van der Waals surface area (Å²) in [5.74, 6) is -112. The molecule has 2 amide bonds. The van der Waals surface area contributed by atoms with E-state index in [1.807, 2.05) is 0 Å². The predicted molar refractivity (Wildman–Crippen MR) is 115 cm³/mol. The molecule has 1 aromatic carbocycles. The number of amides is 2. The Labute approximate surface area is 284 Å². The molecule has 4 nitrogen and oxygen atoms in total. The highest BCUT2D eigenvalue weighted by Gasteiger charge is 2.95. The topological polar surface area (TPSA) is 58.2 Å². The zero-order chi connectivity index (χ0) is 45.6. The van der Waals surface area contributed by atoms with Gasteiger partial charge in [0.15, 0.2) is 0 Å². The summed E-state index contributed by atoms with van der Waals surface area (Å²) in [7, 11) is 0. The summed E-state index contributed by atoms with van der Waals surface area (Å²) in [4.78, 5) is 23.5. The number of carbonyl (C=O) groups is 2. The van der Waals surface area contributed by atoms with Gasteiger partial charge in [0.05, 0.1) is 11.4 Å². The molecule has 56 heavy (non-hydrogen) atoms. The van der Waals surface area contributed by atoms with Crippen molar-refractivity contribution >= 4 is 23.2 Å².